The second kappa shape index (κ2) is 7.19. The average Bonchev–Trinajstić information content (AvgIpc) is 3.27. The summed E-state index contributed by atoms with van der Waals surface area (Å²) in [6.07, 6.45) is 0.966. The molecule has 1 N–H and O–H groups in total. The van der Waals surface area contributed by atoms with E-state index in [1.54, 1.807) is 13.1 Å². The molecule has 0 radical (unpaired) electrons. The maximum Gasteiger partial charge on any atom is 0.329 e. The predicted molar refractivity (Wildman–Crippen MR) is 107 cm³/mol. The number of hydrogen-bond donors (Lipinski definition) is 1. The first-order valence-corrected chi connectivity index (χ1v) is 9.07. The lowest BCUT2D eigenvalue weighted by Gasteiger charge is -2.03. The van der Waals surface area contributed by atoms with Gasteiger partial charge in [0.15, 0.2) is 0 Å². The van der Waals surface area contributed by atoms with Crippen molar-refractivity contribution in [2.24, 2.45) is 7.05 Å². The van der Waals surface area contributed by atoms with Crippen molar-refractivity contribution in [3.8, 4) is 11.3 Å². The van der Waals surface area contributed by atoms with Gasteiger partial charge in [-0.05, 0) is 24.1 Å². The molecular weight excluding hydrogens is 356 g/mol. The quantitative estimate of drug-likeness (QED) is 0.580. The van der Waals surface area contributed by atoms with Gasteiger partial charge >= 0.3 is 5.69 Å². The minimum absolute atomic E-state index is 0.110. The Morgan fingerprint density at radius 2 is 1.82 bits per heavy atom. The van der Waals surface area contributed by atoms with Crippen LogP contribution in [0.5, 0.6) is 0 Å². The van der Waals surface area contributed by atoms with E-state index in [9.17, 15) is 9.59 Å². The van der Waals surface area contributed by atoms with Crippen molar-refractivity contribution in [3.63, 3.8) is 0 Å². The standard InChI is InChI=1S/C21H20N4O3/c1-3-14-8-10-15(11-9-14)16-12-20(28-23-16)22-19(26)13-25-18-7-5-4-6-17(18)24(2)21(25)27/h4-12H,3,13H2,1-2H3,(H,22,26). The lowest BCUT2D eigenvalue weighted by molar-refractivity contribution is -0.116. The molecule has 7 heteroatoms. The molecule has 28 heavy (non-hydrogen) atoms. The topological polar surface area (TPSA) is 82.1 Å². The number of benzene rings is 2. The Kier molecular flexibility index (Phi) is 4.57. The second-order valence-corrected chi connectivity index (χ2v) is 6.59. The van der Waals surface area contributed by atoms with Gasteiger partial charge in [-0.25, -0.2) is 4.79 Å². The summed E-state index contributed by atoms with van der Waals surface area (Å²) in [5, 5.41) is 6.68. The molecule has 1 amide bonds. The maximum atomic E-state index is 12.4. The number of hydrogen-bond acceptors (Lipinski definition) is 4. The van der Waals surface area contributed by atoms with Gasteiger partial charge in [0.05, 0.1) is 11.0 Å². The van der Waals surface area contributed by atoms with Gasteiger partial charge in [-0.2, -0.15) is 0 Å². The molecule has 2 aromatic heterocycles. The molecule has 0 saturated heterocycles. The van der Waals surface area contributed by atoms with E-state index in [4.69, 9.17) is 4.52 Å². The fraction of sp³-hybridized carbons (Fsp3) is 0.190. The zero-order valence-electron chi connectivity index (χ0n) is 15.7. The van der Waals surface area contributed by atoms with Crippen LogP contribution in [0, 0.1) is 0 Å². The van der Waals surface area contributed by atoms with E-state index < -0.39 is 0 Å². The van der Waals surface area contributed by atoms with Gasteiger partial charge in [0, 0.05) is 18.7 Å². The molecular formula is C21H20N4O3. The molecule has 0 saturated carbocycles. The monoisotopic (exact) mass is 376 g/mol. The fourth-order valence-corrected chi connectivity index (χ4v) is 3.22. The Morgan fingerprint density at radius 1 is 1.11 bits per heavy atom. The van der Waals surface area contributed by atoms with E-state index in [1.165, 1.54) is 14.7 Å². The Bertz CT molecular complexity index is 1200. The van der Waals surface area contributed by atoms with Crippen molar-refractivity contribution >= 4 is 22.8 Å². The van der Waals surface area contributed by atoms with E-state index >= 15 is 0 Å². The summed E-state index contributed by atoms with van der Waals surface area (Å²) >= 11 is 0. The summed E-state index contributed by atoms with van der Waals surface area (Å²) in [4.78, 5) is 24.9. The van der Waals surface area contributed by atoms with Gasteiger partial charge in [0.25, 0.3) is 0 Å². The van der Waals surface area contributed by atoms with Crippen LogP contribution in [0.25, 0.3) is 22.3 Å². The van der Waals surface area contributed by atoms with Crippen molar-refractivity contribution in [3.05, 3.63) is 70.6 Å². The van der Waals surface area contributed by atoms with E-state index in [-0.39, 0.29) is 24.0 Å². The van der Waals surface area contributed by atoms with Crippen molar-refractivity contribution < 1.29 is 9.32 Å². The Morgan fingerprint density at radius 3 is 2.54 bits per heavy atom. The number of rotatable bonds is 5. The minimum Gasteiger partial charge on any atom is -0.338 e. The van der Waals surface area contributed by atoms with Gasteiger partial charge in [-0.15, -0.1) is 0 Å². The first-order valence-electron chi connectivity index (χ1n) is 9.07. The van der Waals surface area contributed by atoms with Crippen LogP contribution in [0.3, 0.4) is 0 Å². The Labute approximate surface area is 161 Å². The summed E-state index contributed by atoms with van der Waals surface area (Å²) in [6.45, 7) is 1.99. The first kappa shape index (κ1) is 17.8. The fourth-order valence-electron chi connectivity index (χ4n) is 3.22. The molecule has 0 aliphatic heterocycles. The molecule has 0 atom stereocenters. The molecule has 2 heterocycles. The molecule has 0 aliphatic rings. The highest BCUT2D eigenvalue weighted by atomic mass is 16.5. The number of anilines is 1. The van der Waals surface area contributed by atoms with E-state index in [0.29, 0.717) is 11.2 Å². The van der Waals surface area contributed by atoms with Crippen LogP contribution in [0.4, 0.5) is 5.88 Å². The van der Waals surface area contributed by atoms with Crippen molar-refractivity contribution in [2.75, 3.05) is 5.32 Å². The number of carbonyl (C=O) groups is 1. The molecule has 0 unspecified atom stereocenters. The Balaban J connectivity index is 1.51. The van der Waals surface area contributed by atoms with E-state index in [2.05, 4.69) is 17.4 Å². The summed E-state index contributed by atoms with van der Waals surface area (Å²) in [5.41, 5.74) is 4.02. The molecule has 0 aliphatic carbocycles. The van der Waals surface area contributed by atoms with Crippen LogP contribution < -0.4 is 11.0 Å². The van der Waals surface area contributed by atoms with Crippen LogP contribution in [0.1, 0.15) is 12.5 Å². The molecule has 0 spiro atoms. The normalized spacial score (nSPS) is 11.1. The number of nitrogens with zero attached hydrogens (tertiary/aromatic N) is 3. The zero-order chi connectivity index (χ0) is 19.7. The molecule has 0 bridgehead atoms. The second-order valence-electron chi connectivity index (χ2n) is 6.59. The Hall–Kier alpha value is -3.61. The summed E-state index contributed by atoms with van der Waals surface area (Å²) in [6, 6.07) is 17.0. The number of para-hydroxylation sites is 2. The van der Waals surface area contributed by atoms with Gasteiger partial charge in [0.1, 0.15) is 12.2 Å². The third-order valence-electron chi connectivity index (χ3n) is 4.78. The van der Waals surface area contributed by atoms with E-state index in [1.807, 2.05) is 48.5 Å². The maximum absolute atomic E-state index is 12.4. The van der Waals surface area contributed by atoms with Gasteiger partial charge in [-0.3, -0.25) is 19.2 Å². The summed E-state index contributed by atoms with van der Waals surface area (Å²) < 4.78 is 8.19. The van der Waals surface area contributed by atoms with Crippen LogP contribution in [0.2, 0.25) is 0 Å². The number of aromatic nitrogens is 3. The van der Waals surface area contributed by atoms with E-state index in [0.717, 1.165) is 17.5 Å². The largest absolute Gasteiger partial charge is 0.338 e. The highest BCUT2D eigenvalue weighted by Gasteiger charge is 2.15. The van der Waals surface area contributed by atoms with Crippen LogP contribution in [0.15, 0.2) is 63.9 Å². The molecule has 2 aromatic carbocycles. The van der Waals surface area contributed by atoms with Crippen molar-refractivity contribution in [1.82, 2.24) is 14.3 Å². The molecule has 4 aromatic rings. The number of amides is 1. The number of nitrogens with one attached hydrogen (secondary N) is 1. The average molecular weight is 376 g/mol. The third kappa shape index (κ3) is 3.22. The highest BCUT2D eigenvalue weighted by Crippen LogP contribution is 2.22. The molecule has 142 valence electrons. The zero-order valence-corrected chi connectivity index (χ0v) is 15.7. The molecule has 7 nitrogen and oxygen atoms in total. The van der Waals surface area contributed by atoms with Crippen LogP contribution >= 0.6 is 0 Å². The van der Waals surface area contributed by atoms with Gasteiger partial charge < -0.3 is 4.52 Å². The molecule has 0 fully saturated rings. The smallest absolute Gasteiger partial charge is 0.329 e. The predicted octanol–water partition coefficient (Wildman–Crippen LogP) is 3.20. The summed E-state index contributed by atoms with van der Waals surface area (Å²) in [7, 11) is 1.69. The lowest BCUT2D eigenvalue weighted by Crippen LogP contribution is -2.28. The van der Waals surface area contributed by atoms with Crippen LogP contribution in [-0.4, -0.2) is 20.2 Å². The first-order chi connectivity index (χ1) is 13.6. The van der Waals surface area contributed by atoms with Crippen LogP contribution in [-0.2, 0) is 24.8 Å². The highest BCUT2D eigenvalue weighted by molar-refractivity contribution is 5.90. The number of imidazole rings is 1. The molecule has 4 rings (SSSR count). The summed E-state index contributed by atoms with van der Waals surface area (Å²) in [5.74, 6) is -0.115. The number of aryl methyl sites for hydroxylation is 2. The SMILES string of the molecule is CCc1ccc(-c2cc(NC(=O)Cn3c(=O)n(C)c4ccccc43)on2)cc1. The van der Waals surface area contributed by atoms with Gasteiger partial charge in [0.2, 0.25) is 11.8 Å². The number of fused-ring (bicyclic) bond motifs is 1. The third-order valence-corrected chi connectivity index (χ3v) is 4.78. The minimum atomic E-state index is -0.359. The number of carbonyl (C=O) groups excluding carboxylic acids is 1. The van der Waals surface area contributed by atoms with Crippen molar-refractivity contribution in [2.45, 2.75) is 19.9 Å². The lowest BCUT2D eigenvalue weighted by atomic mass is 10.1. The van der Waals surface area contributed by atoms with Gasteiger partial charge in [-0.1, -0.05) is 48.5 Å². The van der Waals surface area contributed by atoms with Crippen molar-refractivity contribution in [1.29, 1.82) is 0 Å².